The summed E-state index contributed by atoms with van der Waals surface area (Å²) in [5.41, 5.74) is 2.24. The highest BCUT2D eigenvalue weighted by Gasteiger charge is 2.28. The molecule has 2 heterocycles. The number of amides is 1. The van der Waals surface area contributed by atoms with Crippen LogP contribution in [0.3, 0.4) is 0 Å². The Balaban J connectivity index is 0.00000144. The van der Waals surface area contributed by atoms with Crippen molar-refractivity contribution in [3.63, 3.8) is 0 Å². The number of piperazine rings is 1. The summed E-state index contributed by atoms with van der Waals surface area (Å²) in [6.07, 6.45) is 1.60. The van der Waals surface area contributed by atoms with E-state index in [2.05, 4.69) is 10.3 Å². The van der Waals surface area contributed by atoms with Crippen LogP contribution in [0.2, 0.25) is 0 Å². The average Bonchev–Trinajstić information content (AvgIpc) is 2.55. The molecule has 1 aromatic carbocycles. The normalized spacial score (nSPS) is 16.8. The minimum atomic E-state index is -0.285. The molecule has 130 valence electrons. The van der Waals surface area contributed by atoms with Crippen LogP contribution in [0.5, 0.6) is 0 Å². The molecular formula is C17H20Cl2FN3O. The van der Waals surface area contributed by atoms with Crippen LogP contribution in [0.4, 0.5) is 4.39 Å². The number of hydrogen-bond donors (Lipinski definition) is 1. The molecule has 1 amide bonds. The summed E-state index contributed by atoms with van der Waals surface area (Å²) in [4.78, 5) is 18.7. The van der Waals surface area contributed by atoms with E-state index in [4.69, 9.17) is 0 Å². The Kier molecular flexibility index (Phi) is 7.60. The van der Waals surface area contributed by atoms with Crippen molar-refractivity contribution in [2.45, 2.75) is 13.0 Å². The molecule has 0 saturated carbocycles. The van der Waals surface area contributed by atoms with Gasteiger partial charge in [0.1, 0.15) is 5.82 Å². The second-order valence-corrected chi connectivity index (χ2v) is 5.46. The first-order valence-electron chi connectivity index (χ1n) is 7.35. The van der Waals surface area contributed by atoms with Gasteiger partial charge in [0.2, 0.25) is 0 Å². The van der Waals surface area contributed by atoms with Crippen LogP contribution < -0.4 is 5.32 Å². The van der Waals surface area contributed by atoms with E-state index in [9.17, 15) is 9.18 Å². The minimum absolute atomic E-state index is 0. The van der Waals surface area contributed by atoms with Crippen molar-refractivity contribution in [3.8, 4) is 0 Å². The maximum Gasteiger partial charge on any atom is 0.256 e. The van der Waals surface area contributed by atoms with E-state index in [1.165, 1.54) is 12.1 Å². The molecule has 1 unspecified atom stereocenters. The quantitative estimate of drug-likeness (QED) is 0.881. The van der Waals surface area contributed by atoms with E-state index in [1.807, 2.05) is 19.1 Å². The molecule has 7 heteroatoms. The van der Waals surface area contributed by atoms with Gasteiger partial charge in [-0.3, -0.25) is 9.78 Å². The lowest BCUT2D eigenvalue weighted by Crippen LogP contribution is -2.48. The fourth-order valence-corrected chi connectivity index (χ4v) is 2.72. The van der Waals surface area contributed by atoms with E-state index in [0.717, 1.165) is 17.8 Å². The highest BCUT2D eigenvalue weighted by molar-refractivity contribution is 5.94. The fourth-order valence-electron chi connectivity index (χ4n) is 2.72. The van der Waals surface area contributed by atoms with Crippen LogP contribution in [-0.4, -0.2) is 35.4 Å². The van der Waals surface area contributed by atoms with Crippen LogP contribution in [0.1, 0.15) is 27.7 Å². The monoisotopic (exact) mass is 371 g/mol. The number of nitrogens with zero attached hydrogens (tertiary/aromatic N) is 2. The lowest BCUT2D eigenvalue weighted by atomic mass is 10.0. The molecule has 0 spiro atoms. The molecule has 1 aliphatic heterocycles. The third-order valence-corrected chi connectivity index (χ3v) is 3.90. The van der Waals surface area contributed by atoms with Gasteiger partial charge in [0, 0.05) is 31.5 Å². The summed E-state index contributed by atoms with van der Waals surface area (Å²) in [5.74, 6) is -0.351. The summed E-state index contributed by atoms with van der Waals surface area (Å²) in [7, 11) is 0. The second-order valence-electron chi connectivity index (χ2n) is 5.46. The van der Waals surface area contributed by atoms with Crippen LogP contribution in [0.15, 0.2) is 42.6 Å². The molecule has 1 aliphatic rings. The minimum Gasteiger partial charge on any atom is -0.329 e. The number of hydrogen-bond acceptors (Lipinski definition) is 3. The number of nitrogens with one attached hydrogen (secondary N) is 1. The summed E-state index contributed by atoms with van der Waals surface area (Å²) in [5, 5.41) is 3.27. The van der Waals surface area contributed by atoms with Crippen LogP contribution in [-0.2, 0) is 0 Å². The molecule has 4 nitrogen and oxygen atoms in total. The van der Waals surface area contributed by atoms with Crippen LogP contribution in [0, 0.1) is 12.7 Å². The van der Waals surface area contributed by atoms with Crippen molar-refractivity contribution >= 4 is 30.7 Å². The lowest BCUT2D eigenvalue weighted by molar-refractivity contribution is 0.0633. The van der Waals surface area contributed by atoms with Gasteiger partial charge in [0.15, 0.2) is 0 Å². The van der Waals surface area contributed by atoms with Crippen molar-refractivity contribution in [2.24, 2.45) is 0 Å². The standard InChI is InChI=1S/C17H18FN3O.2ClH/c1-12-5-6-14(10-20-12)17(22)21-8-7-19-11-16(21)13-3-2-4-15(18)9-13;;/h2-6,9-10,16,19H,7-8,11H2,1H3;2*1H. The molecule has 1 atom stereocenters. The van der Waals surface area contributed by atoms with Gasteiger partial charge in [-0.1, -0.05) is 12.1 Å². The summed E-state index contributed by atoms with van der Waals surface area (Å²) in [6, 6.07) is 9.88. The Hall–Kier alpha value is -1.69. The van der Waals surface area contributed by atoms with Crippen molar-refractivity contribution in [1.82, 2.24) is 15.2 Å². The number of pyridine rings is 1. The van der Waals surface area contributed by atoms with Crippen molar-refractivity contribution in [1.29, 1.82) is 0 Å². The fraction of sp³-hybridized carbons (Fsp3) is 0.294. The second kappa shape index (κ2) is 8.97. The Morgan fingerprint density at radius 2 is 2.08 bits per heavy atom. The molecule has 0 radical (unpaired) electrons. The van der Waals surface area contributed by atoms with Gasteiger partial charge < -0.3 is 10.2 Å². The first-order valence-corrected chi connectivity index (χ1v) is 7.35. The maximum atomic E-state index is 13.5. The number of aryl methyl sites for hydroxylation is 1. The van der Waals surface area contributed by atoms with E-state index in [0.29, 0.717) is 18.7 Å². The number of benzene rings is 1. The van der Waals surface area contributed by atoms with Crippen molar-refractivity contribution < 1.29 is 9.18 Å². The zero-order valence-electron chi connectivity index (χ0n) is 13.2. The van der Waals surface area contributed by atoms with Crippen molar-refractivity contribution in [2.75, 3.05) is 19.6 Å². The van der Waals surface area contributed by atoms with E-state index in [-0.39, 0.29) is 42.6 Å². The van der Waals surface area contributed by atoms with Gasteiger partial charge in [0.05, 0.1) is 11.6 Å². The molecule has 1 fully saturated rings. The number of aromatic nitrogens is 1. The molecular weight excluding hydrogens is 352 g/mol. The van der Waals surface area contributed by atoms with E-state index < -0.39 is 0 Å². The topological polar surface area (TPSA) is 45.2 Å². The number of carbonyl (C=O) groups is 1. The lowest BCUT2D eigenvalue weighted by Gasteiger charge is -2.36. The predicted octanol–water partition coefficient (Wildman–Crippen LogP) is 3.16. The molecule has 0 bridgehead atoms. The van der Waals surface area contributed by atoms with Gasteiger partial charge in [-0.15, -0.1) is 24.8 Å². The molecule has 1 aromatic heterocycles. The number of carbonyl (C=O) groups excluding carboxylic acids is 1. The van der Waals surface area contributed by atoms with Crippen LogP contribution in [0.25, 0.3) is 0 Å². The van der Waals surface area contributed by atoms with Gasteiger partial charge in [0.25, 0.3) is 5.91 Å². The zero-order valence-corrected chi connectivity index (χ0v) is 14.9. The van der Waals surface area contributed by atoms with Gasteiger partial charge in [-0.05, 0) is 36.8 Å². The maximum absolute atomic E-state index is 13.5. The van der Waals surface area contributed by atoms with Crippen LogP contribution >= 0.6 is 24.8 Å². The van der Waals surface area contributed by atoms with E-state index in [1.54, 1.807) is 23.2 Å². The molecule has 1 N–H and O–H groups in total. The van der Waals surface area contributed by atoms with E-state index >= 15 is 0 Å². The third-order valence-electron chi connectivity index (χ3n) is 3.90. The Morgan fingerprint density at radius 1 is 1.29 bits per heavy atom. The Morgan fingerprint density at radius 3 is 2.75 bits per heavy atom. The smallest absolute Gasteiger partial charge is 0.256 e. The van der Waals surface area contributed by atoms with Crippen molar-refractivity contribution in [3.05, 3.63) is 65.2 Å². The molecule has 24 heavy (non-hydrogen) atoms. The zero-order chi connectivity index (χ0) is 15.5. The average molecular weight is 372 g/mol. The molecule has 0 aliphatic carbocycles. The van der Waals surface area contributed by atoms with Gasteiger partial charge in [-0.25, -0.2) is 4.39 Å². The Bertz CT molecular complexity index is 682. The summed E-state index contributed by atoms with van der Waals surface area (Å²) >= 11 is 0. The number of halogens is 3. The molecule has 2 aromatic rings. The largest absolute Gasteiger partial charge is 0.329 e. The molecule has 3 rings (SSSR count). The molecule has 1 saturated heterocycles. The van der Waals surface area contributed by atoms with Gasteiger partial charge >= 0.3 is 0 Å². The highest BCUT2D eigenvalue weighted by atomic mass is 35.5. The SMILES string of the molecule is Cc1ccc(C(=O)N2CCNCC2c2cccc(F)c2)cn1.Cl.Cl. The predicted molar refractivity (Wildman–Crippen MR) is 96.5 cm³/mol. The number of rotatable bonds is 2. The summed E-state index contributed by atoms with van der Waals surface area (Å²) in [6.45, 7) is 3.83. The first-order chi connectivity index (χ1) is 10.6. The van der Waals surface area contributed by atoms with Gasteiger partial charge in [-0.2, -0.15) is 0 Å². The summed E-state index contributed by atoms with van der Waals surface area (Å²) < 4.78 is 13.5. The Labute approximate surface area is 153 Å². The first kappa shape index (κ1) is 20.4. The third kappa shape index (κ3) is 4.44. The highest BCUT2D eigenvalue weighted by Crippen LogP contribution is 2.24.